The molecule has 0 bridgehead atoms. The first-order valence-electron chi connectivity index (χ1n) is 7.61. The molecule has 1 aromatic heterocycles. The molecule has 0 saturated carbocycles. The third-order valence-electron chi connectivity index (χ3n) is 3.46. The first kappa shape index (κ1) is 20.2. The predicted octanol–water partition coefficient (Wildman–Crippen LogP) is 3.06. The van der Waals surface area contributed by atoms with Gasteiger partial charge in [-0.25, -0.2) is 0 Å². The van der Waals surface area contributed by atoms with Crippen LogP contribution in [0.4, 0.5) is 0 Å². The summed E-state index contributed by atoms with van der Waals surface area (Å²) in [6.07, 6.45) is 8.22. The fourth-order valence-corrected chi connectivity index (χ4v) is 2.13. The summed E-state index contributed by atoms with van der Waals surface area (Å²) in [7, 11) is 3.76. The molecule has 0 aromatic carbocycles. The van der Waals surface area contributed by atoms with E-state index in [0.717, 1.165) is 18.2 Å². The summed E-state index contributed by atoms with van der Waals surface area (Å²) in [5.41, 5.74) is 1.14. The monoisotopic (exact) mass is 407 g/mol. The first-order chi connectivity index (χ1) is 9.67. The lowest BCUT2D eigenvalue weighted by Gasteiger charge is -2.18. The summed E-state index contributed by atoms with van der Waals surface area (Å²) in [5, 5.41) is 10.9. The van der Waals surface area contributed by atoms with Gasteiger partial charge in [0.1, 0.15) is 0 Å². The van der Waals surface area contributed by atoms with Crippen molar-refractivity contribution in [3.05, 3.63) is 18.0 Å². The number of hydrogen-bond donors (Lipinski definition) is 2. The van der Waals surface area contributed by atoms with Crippen molar-refractivity contribution in [3.8, 4) is 0 Å². The highest BCUT2D eigenvalue weighted by Crippen LogP contribution is 2.05. The predicted molar refractivity (Wildman–Crippen MR) is 100 cm³/mol. The van der Waals surface area contributed by atoms with Gasteiger partial charge in [-0.15, -0.1) is 24.0 Å². The average Bonchev–Trinajstić information content (AvgIpc) is 2.85. The molecule has 0 fully saturated rings. The summed E-state index contributed by atoms with van der Waals surface area (Å²) in [6, 6.07) is 2.46. The van der Waals surface area contributed by atoms with E-state index in [1.165, 1.54) is 32.1 Å². The molecule has 0 amide bonds. The van der Waals surface area contributed by atoms with Gasteiger partial charge in [0.05, 0.1) is 12.2 Å². The van der Waals surface area contributed by atoms with Gasteiger partial charge in [-0.05, 0) is 19.4 Å². The minimum Gasteiger partial charge on any atom is -0.354 e. The molecule has 1 aromatic rings. The fraction of sp³-hybridized carbons (Fsp3) is 0.733. The van der Waals surface area contributed by atoms with Crippen molar-refractivity contribution in [3.63, 3.8) is 0 Å². The molecule has 5 nitrogen and oxygen atoms in total. The Morgan fingerprint density at radius 1 is 1.38 bits per heavy atom. The lowest BCUT2D eigenvalue weighted by atomic mass is 10.1. The number of hydrogen-bond acceptors (Lipinski definition) is 2. The highest BCUT2D eigenvalue weighted by molar-refractivity contribution is 14.0. The molecule has 0 aliphatic rings. The Hall–Kier alpha value is -0.790. The van der Waals surface area contributed by atoms with Gasteiger partial charge in [0.25, 0.3) is 0 Å². The molecule has 0 aliphatic heterocycles. The zero-order valence-corrected chi connectivity index (χ0v) is 16.1. The van der Waals surface area contributed by atoms with Crippen LogP contribution in [0.3, 0.4) is 0 Å². The van der Waals surface area contributed by atoms with Gasteiger partial charge in [-0.1, -0.05) is 32.6 Å². The fourth-order valence-electron chi connectivity index (χ4n) is 2.13. The van der Waals surface area contributed by atoms with Crippen molar-refractivity contribution in [2.24, 2.45) is 12.0 Å². The number of nitrogens with zero attached hydrogens (tertiary/aromatic N) is 3. The van der Waals surface area contributed by atoms with Crippen LogP contribution in [0.5, 0.6) is 0 Å². The summed E-state index contributed by atoms with van der Waals surface area (Å²) in [4.78, 5) is 4.27. The van der Waals surface area contributed by atoms with Gasteiger partial charge >= 0.3 is 0 Å². The van der Waals surface area contributed by atoms with E-state index in [4.69, 9.17) is 0 Å². The van der Waals surface area contributed by atoms with Crippen LogP contribution in [0.15, 0.2) is 17.3 Å². The maximum Gasteiger partial charge on any atom is 0.191 e. The Kier molecular flexibility index (Phi) is 11.4. The SMILES string of the molecule is CCCCCCC(C)NC(=NC)NCc1ccnn1C.I. The van der Waals surface area contributed by atoms with E-state index in [1.807, 2.05) is 31.0 Å². The second-order valence-corrected chi connectivity index (χ2v) is 5.27. The van der Waals surface area contributed by atoms with Crippen LogP contribution in [0, 0.1) is 0 Å². The molecule has 1 unspecified atom stereocenters. The Morgan fingerprint density at radius 3 is 2.71 bits per heavy atom. The van der Waals surface area contributed by atoms with E-state index in [9.17, 15) is 0 Å². The van der Waals surface area contributed by atoms with Gasteiger partial charge in [0.2, 0.25) is 0 Å². The Labute approximate surface area is 146 Å². The molecule has 122 valence electrons. The summed E-state index contributed by atoms with van der Waals surface area (Å²) >= 11 is 0. The molecule has 2 N–H and O–H groups in total. The summed E-state index contributed by atoms with van der Waals surface area (Å²) in [5.74, 6) is 0.856. The zero-order valence-electron chi connectivity index (χ0n) is 13.7. The number of guanidine groups is 1. The van der Waals surface area contributed by atoms with E-state index >= 15 is 0 Å². The van der Waals surface area contributed by atoms with Gasteiger partial charge in [-0.3, -0.25) is 9.67 Å². The number of aryl methyl sites for hydroxylation is 1. The first-order valence-corrected chi connectivity index (χ1v) is 7.61. The lowest BCUT2D eigenvalue weighted by Crippen LogP contribution is -2.42. The van der Waals surface area contributed by atoms with Crippen LogP contribution in [-0.2, 0) is 13.6 Å². The van der Waals surface area contributed by atoms with Gasteiger partial charge < -0.3 is 10.6 Å². The van der Waals surface area contributed by atoms with Gasteiger partial charge in [0, 0.05) is 26.3 Å². The maximum absolute atomic E-state index is 4.27. The second-order valence-electron chi connectivity index (χ2n) is 5.27. The molecule has 21 heavy (non-hydrogen) atoms. The Morgan fingerprint density at radius 2 is 2.14 bits per heavy atom. The van der Waals surface area contributed by atoms with Gasteiger partial charge in [-0.2, -0.15) is 5.10 Å². The van der Waals surface area contributed by atoms with E-state index < -0.39 is 0 Å². The Bertz CT molecular complexity index is 403. The molecule has 1 rings (SSSR count). The van der Waals surface area contributed by atoms with Crippen LogP contribution < -0.4 is 10.6 Å². The molecule has 1 heterocycles. The molecular weight excluding hydrogens is 377 g/mol. The van der Waals surface area contributed by atoms with Crippen molar-refractivity contribution in [1.29, 1.82) is 0 Å². The molecular formula is C15H30IN5. The van der Waals surface area contributed by atoms with Gasteiger partial charge in [0.15, 0.2) is 5.96 Å². The van der Waals surface area contributed by atoms with Crippen molar-refractivity contribution in [1.82, 2.24) is 20.4 Å². The van der Waals surface area contributed by atoms with Crippen LogP contribution in [-0.4, -0.2) is 28.8 Å². The standard InChI is InChI=1S/C15H29N5.HI/c1-5-6-7-8-9-13(2)19-15(16-3)17-12-14-10-11-18-20(14)4;/h10-11,13H,5-9,12H2,1-4H3,(H2,16,17,19);1H. The van der Waals surface area contributed by atoms with E-state index in [2.05, 4.69) is 34.6 Å². The number of nitrogens with one attached hydrogen (secondary N) is 2. The van der Waals surface area contributed by atoms with E-state index in [1.54, 1.807) is 0 Å². The summed E-state index contributed by atoms with van der Waals surface area (Å²) < 4.78 is 1.87. The Balaban J connectivity index is 0.00000400. The molecule has 6 heteroatoms. The van der Waals surface area contributed by atoms with Crippen LogP contribution in [0.2, 0.25) is 0 Å². The highest BCUT2D eigenvalue weighted by atomic mass is 127. The average molecular weight is 407 g/mol. The van der Waals surface area contributed by atoms with Crippen molar-refractivity contribution >= 4 is 29.9 Å². The van der Waals surface area contributed by atoms with Crippen LogP contribution >= 0.6 is 24.0 Å². The minimum absolute atomic E-state index is 0. The normalized spacial score (nSPS) is 12.7. The molecule has 0 saturated heterocycles. The van der Waals surface area contributed by atoms with Crippen molar-refractivity contribution in [2.75, 3.05) is 7.05 Å². The largest absolute Gasteiger partial charge is 0.354 e. The van der Waals surface area contributed by atoms with Crippen molar-refractivity contribution < 1.29 is 0 Å². The maximum atomic E-state index is 4.27. The summed E-state index contributed by atoms with van der Waals surface area (Å²) in [6.45, 7) is 5.19. The molecule has 1 atom stereocenters. The molecule has 0 aliphatic carbocycles. The third kappa shape index (κ3) is 8.28. The number of rotatable bonds is 8. The number of unbranched alkanes of at least 4 members (excludes halogenated alkanes) is 3. The van der Waals surface area contributed by atoms with Crippen LogP contribution in [0.25, 0.3) is 0 Å². The van der Waals surface area contributed by atoms with Crippen LogP contribution in [0.1, 0.15) is 51.6 Å². The molecule has 0 radical (unpaired) electrons. The minimum atomic E-state index is 0. The van der Waals surface area contributed by atoms with Crippen molar-refractivity contribution in [2.45, 2.75) is 58.5 Å². The van der Waals surface area contributed by atoms with E-state index in [-0.39, 0.29) is 24.0 Å². The lowest BCUT2D eigenvalue weighted by molar-refractivity contribution is 0.536. The number of aliphatic imine (C=N–C) groups is 1. The topological polar surface area (TPSA) is 54.2 Å². The highest BCUT2D eigenvalue weighted by Gasteiger charge is 2.06. The number of aromatic nitrogens is 2. The second kappa shape index (κ2) is 11.8. The number of halogens is 1. The third-order valence-corrected chi connectivity index (χ3v) is 3.46. The quantitative estimate of drug-likeness (QED) is 0.302. The molecule has 0 spiro atoms. The zero-order chi connectivity index (χ0) is 14.8. The van der Waals surface area contributed by atoms with E-state index in [0.29, 0.717) is 6.04 Å². The smallest absolute Gasteiger partial charge is 0.191 e.